The quantitative estimate of drug-likeness (QED) is 0.782. The molecular formula is C14H10BrFN4. The molecule has 2 heterocycles. The lowest BCUT2D eigenvalue weighted by molar-refractivity contribution is 0.628. The number of anilines is 1. The summed E-state index contributed by atoms with van der Waals surface area (Å²) in [5.41, 5.74) is 7.22. The van der Waals surface area contributed by atoms with Gasteiger partial charge >= 0.3 is 0 Å². The fraction of sp³-hybridized carbons (Fsp3) is 0. The van der Waals surface area contributed by atoms with Crippen molar-refractivity contribution in [3.8, 4) is 17.1 Å². The van der Waals surface area contributed by atoms with E-state index in [1.807, 2.05) is 6.07 Å². The van der Waals surface area contributed by atoms with E-state index in [9.17, 15) is 4.39 Å². The van der Waals surface area contributed by atoms with Gasteiger partial charge in [-0.15, -0.1) is 0 Å². The first-order valence-corrected chi connectivity index (χ1v) is 6.66. The molecule has 0 spiro atoms. The van der Waals surface area contributed by atoms with Crippen molar-refractivity contribution >= 4 is 21.7 Å². The number of benzene rings is 1. The SMILES string of the molecule is Nc1cc(-c2cccc(F)c2)nn1-c1ccc(Br)cn1. The zero-order chi connectivity index (χ0) is 14.1. The summed E-state index contributed by atoms with van der Waals surface area (Å²) in [7, 11) is 0. The van der Waals surface area contributed by atoms with Crippen LogP contribution in [0.25, 0.3) is 17.1 Å². The molecule has 2 aromatic heterocycles. The molecular weight excluding hydrogens is 323 g/mol. The van der Waals surface area contributed by atoms with Gasteiger partial charge in [-0.2, -0.15) is 9.78 Å². The summed E-state index contributed by atoms with van der Waals surface area (Å²) in [4.78, 5) is 4.23. The minimum atomic E-state index is -0.308. The second-order valence-corrected chi connectivity index (χ2v) is 5.13. The van der Waals surface area contributed by atoms with Crippen LogP contribution in [-0.2, 0) is 0 Å². The number of aromatic nitrogens is 3. The molecule has 3 rings (SSSR count). The van der Waals surface area contributed by atoms with E-state index in [-0.39, 0.29) is 5.82 Å². The summed E-state index contributed by atoms with van der Waals surface area (Å²) in [6.45, 7) is 0. The molecule has 0 bridgehead atoms. The van der Waals surface area contributed by atoms with Crippen LogP contribution < -0.4 is 5.73 Å². The fourth-order valence-electron chi connectivity index (χ4n) is 1.86. The lowest BCUT2D eigenvalue weighted by atomic mass is 10.1. The van der Waals surface area contributed by atoms with Gasteiger partial charge in [-0.1, -0.05) is 12.1 Å². The molecule has 100 valence electrons. The van der Waals surface area contributed by atoms with E-state index in [4.69, 9.17) is 5.73 Å². The minimum absolute atomic E-state index is 0.308. The van der Waals surface area contributed by atoms with Crippen LogP contribution in [0.2, 0.25) is 0 Å². The van der Waals surface area contributed by atoms with Crippen molar-refractivity contribution in [2.24, 2.45) is 0 Å². The Morgan fingerprint density at radius 2 is 2.00 bits per heavy atom. The molecule has 0 saturated carbocycles. The van der Waals surface area contributed by atoms with Crippen LogP contribution in [0.1, 0.15) is 0 Å². The van der Waals surface area contributed by atoms with E-state index in [1.165, 1.54) is 16.8 Å². The Morgan fingerprint density at radius 3 is 2.70 bits per heavy atom. The molecule has 0 atom stereocenters. The van der Waals surface area contributed by atoms with Crippen LogP contribution in [0, 0.1) is 5.82 Å². The number of nitrogens with zero attached hydrogens (tertiary/aromatic N) is 3. The molecule has 1 aromatic carbocycles. The summed E-state index contributed by atoms with van der Waals surface area (Å²) in [6.07, 6.45) is 1.66. The molecule has 0 saturated heterocycles. The Morgan fingerprint density at radius 1 is 1.15 bits per heavy atom. The molecule has 4 nitrogen and oxygen atoms in total. The van der Waals surface area contributed by atoms with Gasteiger partial charge in [0.25, 0.3) is 0 Å². The standard InChI is InChI=1S/C14H10BrFN4/c15-10-4-5-14(18-8-10)20-13(17)7-12(19-20)9-2-1-3-11(16)6-9/h1-8H,17H2. The van der Waals surface area contributed by atoms with Crippen LogP contribution in [0.4, 0.5) is 10.2 Å². The second kappa shape index (κ2) is 5.05. The maximum Gasteiger partial charge on any atom is 0.155 e. The molecule has 0 radical (unpaired) electrons. The van der Waals surface area contributed by atoms with Crippen molar-refractivity contribution in [3.05, 3.63) is 59.0 Å². The highest BCUT2D eigenvalue weighted by atomic mass is 79.9. The summed E-state index contributed by atoms with van der Waals surface area (Å²) in [5.74, 6) is 0.741. The number of nitrogens with two attached hydrogens (primary N) is 1. The normalized spacial score (nSPS) is 10.7. The molecule has 0 amide bonds. The lowest BCUT2D eigenvalue weighted by Crippen LogP contribution is -2.03. The van der Waals surface area contributed by atoms with Gasteiger partial charge in [0.2, 0.25) is 0 Å². The van der Waals surface area contributed by atoms with Crippen molar-refractivity contribution in [3.63, 3.8) is 0 Å². The second-order valence-electron chi connectivity index (χ2n) is 4.21. The van der Waals surface area contributed by atoms with Gasteiger partial charge in [-0.05, 0) is 40.2 Å². The van der Waals surface area contributed by atoms with E-state index in [1.54, 1.807) is 30.5 Å². The first kappa shape index (κ1) is 12.8. The Balaban J connectivity index is 2.05. The maximum atomic E-state index is 13.2. The molecule has 0 fully saturated rings. The summed E-state index contributed by atoms with van der Waals surface area (Å²) < 4.78 is 15.6. The predicted molar refractivity (Wildman–Crippen MR) is 78.9 cm³/mol. The third-order valence-electron chi connectivity index (χ3n) is 2.79. The molecule has 0 aliphatic rings. The van der Waals surface area contributed by atoms with Crippen molar-refractivity contribution in [1.82, 2.24) is 14.8 Å². The third-order valence-corrected chi connectivity index (χ3v) is 3.26. The topological polar surface area (TPSA) is 56.7 Å². The largest absolute Gasteiger partial charge is 0.384 e. The third kappa shape index (κ3) is 2.42. The number of rotatable bonds is 2. The van der Waals surface area contributed by atoms with E-state index in [0.29, 0.717) is 22.9 Å². The highest BCUT2D eigenvalue weighted by molar-refractivity contribution is 9.10. The number of nitrogen functional groups attached to an aromatic ring is 1. The Hall–Kier alpha value is -2.21. The fourth-order valence-corrected chi connectivity index (χ4v) is 2.10. The molecule has 0 aliphatic heterocycles. The van der Waals surface area contributed by atoms with E-state index in [0.717, 1.165) is 4.47 Å². The summed E-state index contributed by atoms with van der Waals surface area (Å²) in [5, 5.41) is 4.37. The molecule has 0 aliphatic carbocycles. The van der Waals surface area contributed by atoms with Gasteiger partial charge in [0, 0.05) is 22.3 Å². The zero-order valence-corrected chi connectivity index (χ0v) is 11.9. The van der Waals surface area contributed by atoms with Crippen LogP contribution in [0.5, 0.6) is 0 Å². The first-order chi connectivity index (χ1) is 9.63. The number of halogens is 2. The van der Waals surface area contributed by atoms with Crippen LogP contribution in [0.3, 0.4) is 0 Å². The summed E-state index contributed by atoms with van der Waals surface area (Å²) in [6, 6.07) is 11.6. The smallest absolute Gasteiger partial charge is 0.155 e. The van der Waals surface area contributed by atoms with Crippen LogP contribution in [0.15, 0.2) is 53.1 Å². The van der Waals surface area contributed by atoms with Crippen LogP contribution in [-0.4, -0.2) is 14.8 Å². The van der Waals surface area contributed by atoms with E-state index in [2.05, 4.69) is 26.0 Å². The molecule has 20 heavy (non-hydrogen) atoms. The highest BCUT2D eigenvalue weighted by Gasteiger charge is 2.10. The van der Waals surface area contributed by atoms with Crippen molar-refractivity contribution < 1.29 is 4.39 Å². The molecule has 2 N–H and O–H groups in total. The first-order valence-electron chi connectivity index (χ1n) is 5.87. The highest BCUT2D eigenvalue weighted by Crippen LogP contribution is 2.23. The zero-order valence-electron chi connectivity index (χ0n) is 10.3. The van der Waals surface area contributed by atoms with E-state index < -0.39 is 0 Å². The number of hydrogen-bond acceptors (Lipinski definition) is 3. The lowest BCUT2D eigenvalue weighted by Gasteiger charge is -2.02. The number of hydrogen-bond donors (Lipinski definition) is 1. The molecule has 3 aromatic rings. The monoisotopic (exact) mass is 332 g/mol. The van der Waals surface area contributed by atoms with Gasteiger partial charge in [0.15, 0.2) is 5.82 Å². The molecule has 6 heteroatoms. The van der Waals surface area contributed by atoms with Crippen molar-refractivity contribution in [2.75, 3.05) is 5.73 Å². The predicted octanol–water partition coefficient (Wildman–Crippen LogP) is 3.42. The average molecular weight is 333 g/mol. The van der Waals surface area contributed by atoms with Gasteiger partial charge in [0.05, 0.1) is 5.69 Å². The van der Waals surface area contributed by atoms with Gasteiger partial charge in [0.1, 0.15) is 11.6 Å². The van der Waals surface area contributed by atoms with Gasteiger partial charge in [-0.3, -0.25) is 0 Å². The Bertz CT molecular complexity index is 752. The minimum Gasteiger partial charge on any atom is -0.384 e. The summed E-state index contributed by atoms with van der Waals surface area (Å²) >= 11 is 3.32. The number of pyridine rings is 1. The van der Waals surface area contributed by atoms with Gasteiger partial charge in [-0.25, -0.2) is 9.37 Å². The average Bonchev–Trinajstić information content (AvgIpc) is 2.82. The molecule has 0 unspecified atom stereocenters. The maximum absolute atomic E-state index is 13.2. The van der Waals surface area contributed by atoms with Crippen LogP contribution >= 0.6 is 15.9 Å². The Labute approximate surface area is 123 Å². The van der Waals surface area contributed by atoms with E-state index >= 15 is 0 Å². The Kier molecular flexibility index (Phi) is 3.23. The van der Waals surface area contributed by atoms with Crippen molar-refractivity contribution in [2.45, 2.75) is 0 Å². The van der Waals surface area contributed by atoms with Crippen molar-refractivity contribution in [1.29, 1.82) is 0 Å². The van der Waals surface area contributed by atoms with Gasteiger partial charge < -0.3 is 5.73 Å².